The van der Waals surface area contributed by atoms with E-state index in [2.05, 4.69) is 27.0 Å². The van der Waals surface area contributed by atoms with E-state index in [4.69, 9.17) is 11.6 Å². The predicted molar refractivity (Wildman–Crippen MR) is 70.7 cm³/mol. The molecule has 1 aliphatic rings. The van der Waals surface area contributed by atoms with E-state index < -0.39 is 0 Å². The zero-order valence-corrected chi connectivity index (χ0v) is 10.8. The van der Waals surface area contributed by atoms with E-state index in [9.17, 15) is 0 Å². The van der Waals surface area contributed by atoms with Crippen LogP contribution in [-0.4, -0.2) is 10.2 Å². The monoisotopic (exact) mass is 265 g/mol. The van der Waals surface area contributed by atoms with Gasteiger partial charge in [0.2, 0.25) is 0 Å². The maximum atomic E-state index is 5.72. The van der Waals surface area contributed by atoms with Crippen molar-refractivity contribution in [3.63, 3.8) is 0 Å². The predicted octanol–water partition coefficient (Wildman–Crippen LogP) is 3.68. The van der Waals surface area contributed by atoms with E-state index in [1.165, 1.54) is 23.3 Å². The van der Waals surface area contributed by atoms with E-state index in [1.54, 1.807) is 6.07 Å². The number of aromatic nitrogens is 2. The van der Waals surface area contributed by atoms with Gasteiger partial charge in [-0.25, -0.2) is 0 Å². The fraction of sp³-hybridized carbons (Fsp3) is 0.333. The number of nitrogens with zero attached hydrogens (tertiary/aromatic N) is 2. The van der Waals surface area contributed by atoms with Crippen LogP contribution in [0.1, 0.15) is 29.3 Å². The second kappa shape index (κ2) is 4.63. The highest BCUT2D eigenvalue weighted by Crippen LogP contribution is 2.35. The molecule has 1 atom stereocenters. The molecule has 2 heterocycles. The second-order valence-corrected chi connectivity index (χ2v) is 5.52. The molecule has 1 unspecified atom stereocenters. The first-order valence-electron chi connectivity index (χ1n) is 5.65. The van der Waals surface area contributed by atoms with E-state index in [0.717, 1.165) is 12.2 Å². The van der Waals surface area contributed by atoms with Crippen LogP contribution in [0.15, 0.2) is 23.6 Å². The van der Waals surface area contributed by atoms with Crippen molar-refractivity contribution in [2.75, 3.05) is 5.32 Å². The van der Waals surface area contributed by atoms with Crippen molar-refractivity contribution < 1.29 is 0 Å². The summed E-state index contributed by atoms with van der Waals surface area (Å²) in [5, 5.41) is 13.9. The maximum Gasteiger partial charge on any atom is 0.151 e. The number of fused-ring (bicyclic) bond motifs is 1. The molecule has 2 aromatic rings. The van der Waals surface area contributed by atoms with Crippen LogP contribution in [0.3, 0.4) is 0 Å². The number of hydrogen-bond donors (Lipinski definition) is 1. The average molecular weight is 266 g/mol. The number of nitrogens with one attached hydrogen (secondary N) is 1. The normalized spacial score (nSPS) is 18.8. The topological polar surface area (TPSA) is 37.8 Å². The first-order valence-corrected chi connectivity index (χ1v) is 6.91. The zero-order valence-electron chi connectivity index (χ0n) is 9.19. The van der Waals surface area contributed by atoms with Crippen LogP contribution in [0.5, 0.6) is 0 Å². The molecule has 1 N–H and O–H groups in total. The lowest BCUT2D eigenvalue weighted by Crippen LogP contribution is -2.16. The fourth-order valence-corrected chi connectivity index (χ4v) is 3.30. The molecule has 0 saturated heterocycles. The van der Waals surface area contributed by atoms with E-state index in [0.29, 0.717) is 11.2 Å². The quantitative estimate of drug-likeness (QED) is 0.900. The van der Waals surface area contributed by atoms with Crippen LogP contribution >= 0.6 is 22.9 Å². The van der Waals surface area contributed by atoms with Crippen LogP contribution in [-0.2, 0) is 6.42 Å². The van der Waals surface area contributed by atoms with Gasteiger partial charge in [0, 0.05) is 4.88 Å². The van der Waals surface area contributed by atoms with Gasteiger partial charge >= 0.3 is 0 Å². The van der Waals surface area contributed by atoms with Gasteiger partial charge in [-0.3, -0.25) is 0 Å². The Hall–Kier alpha value is -1.13. The van der Waals surface area contributed by atoms with Gasteiger partial charge < -0.3 is 5.32 Å². The smallest absolute Gasteiger partial charge is 0.151 e. The van der Waals surface area contributed by atoms with Crippen LogP contribution in [0.4, 0.5) is 5.82 Å². The summed E-state index contributed by atoms with van der Waals surface area (Å²) in [5.74, 6) is 0.790. The van der Waals surface area contributed by atoms with Gasteiger partial charge in [0.1, 0.15) is 5.82 Å². The van der Waals surface area contributed by atoms with Crippen molar-refractivity contribution in [3.8, 4) is 0 Å². The lowest BCUT2D eigenvalue weighted by molar-refractivity contribution is 0.606. The third-order valence-electron chi connectivity index (χ3n) is 3.01. The molecule has 3 nitrogen and oxygen atoms in total. The van der Waals surface area contributed by atoms with Crippen molar-refractivity contribution in [2.24, 2.45) is 0 Å². The lowest BCUT2D eigenvalue weighted by Gasteiger charge is -2.23. The summed E-state index contributed by atoms with van der Waals surface area (Å²) in [6.07, 6.45) is 3.58. The molecule has 0 fully saturated rings. The number of halogens is 1. The molecule has 0 saturated carbocycles. The zero-order chi connectivity index (χ0) is 11.7. The largest absolute Gasteiger partial charge is 0.362 e. The number of hydrogen-bond acceptors (Lipinski definition) is 4. The third kappa shape index (κ3) is 2.28. The maximum absolute atomic E-state index is 5.72. The average Bonchev–Trinajstić information content (AvgIpc) is 2.81. The minimum absolute atomic E-state index is 0.362. The molecule has 1 aliphatic carbocycles. The molecular weight excluding hydrogens is 254 g/mol. The highest BCUT2D eigenvalue weighted by atomic mass is 35.5. The molecule has 0 spiro atoms. The number of thiophene rings is 1. The lowest BCUT2D eigenvalue weighted by atomic mass is 9.94. The van der Waals surface area contributed by atoms with Gasteiger partial charge in [-0.1, -0.05) is 11.6 Å². The van der Waals surface area contributed by atoms with Gasteiger partial charge in [0.15, 0.2) is 5.15 Å². The molecule has 0 bridgehead atoms. The second-order valence-electron chi connectivity index (χ2n) is 4.13. The van der Waals surface area contributed by atoms with Gasteiger partial charge in [0.05, 0.1) is 6.04 Å². The fourth-order valence-electron chi connectivity index (χ4n) is 2.21. The van der Waals surface area contributed by atoms with Crippen molar-refractivity contribution in [3.05, 3.63) is 39.2 Å². The Bertz CT molecular complexity index is 509. The highest BCUT2D eigenvalue weighted by molar-refractivity contribution is 7.10. The van der Waals surface area contributed by atoms with Gasteiger partial charge in [-0.2, -0.15) is 0 Å². The highest BCUT2D eigenvalue weighted by Gasteiger charge is 2.21. The Morgan fingerprint density at radius 1 is 1.29 bits per heavy atom. The van der Waals surface area contributed by atoms with Crippen LogP contribution < -0.4 is 5.32 Å². The number of rotatable bonds is 2. The van der Waals surface area contributed by atoms with E-state index in [-0.39, 0.29) is 0 Å². The first kappa shape index (κ1) is 11.0. The Morgan fingerprint density at radius 3 is 3.06 bits per heavy atom. The Labute approximate surface area is 109 Å². The summed E-state index contributed by atoms with van der Waals surface area (Å²) in [6, 6.07) is 6.20. The molecule has 0 aromatic carbocycles. The molecule has 0 amide bonds. The standard InChI is InChI=1S/C12H12ClN3S/c13-11-4-5-12(16-15-11)14-9-2-1-3-10-8(9)6-7-17-10/h4-7,9H,1-3H2,(H,14,16). The SMILES string of the molecule is Clc1ccc(NC2CCCc3sccc32)nn1. The molecule has 2 aromatic heterocycles. The summed E-state index contributed by atoms with van der Waals surface area (Å²) in [6.45, 7) is 0. The van der Waals surface area contributed by atoms with E-state index >= 15 is 0 Å². The van der Waals surface area contributed by atoms with Crippen molar-refractivity contribution >= 4 is 28.8 Å². The number of aryl methyl sites for hydroxylation is 1. The van der Waals surface area contributed by atoms with Crippen LogP contribution in [0, 0.1) is 0 Å². The van der Waals surface area contributed by atoms with Crippen molar-refractivity contribution in [1.29, 1.82) is 0 Å². The molecule has 0 radical (unpaired) electrons. The minimum Gasteiger partial charge on any atom is -0.362 e. The summed E-state index contributed by atoms with van der Waals surface area (Å²) in [5.41, 5.74) is 1.41. The molecule has 88 valence electrons. The molecule has 3 rings (SSSR count). The molecule has 17 heavy (non-hydrogen) atoms. The van der Waals surface area contributed by atoms with Crippen molar-refractivity contribution in [2.45, 2.75) is 25.3 Å². The third-order valence-corrected chi connectivity index (χ3v) is 4.20. The Kier molecular flexibility index (Phi) is 2.99. The Morgan fingerprint density at radius 2 is 2.24 bits per heavy atom. The van der Waals surface area contributed by atoms with Crippen molar-refractivity contribution in [1.82, 2.24) is 10.2 Å². The summed E-state index contributed by atoms with van der Waals surface area (Å²) in [7, 11) is 0. The van der Waals surface area contributed by atoms with Gasteiger partial charge in [0.25, 0.3) is 0 Å². The van der Waals surface area contributed by atoms with Gasteiger partial charge in [-0.15, -0.1) is 21.5 Å². The summed E-state index contributed by atoms with van der Waals surface area (Å²) in [4.78, 5) is 1.50. The van der Waals surface area contributed by atoms with Gasteiger partial charge in [-0.05, 0) is 48.4 Å². The molecule has 5 heteroatoms. The van der Waals surface area contributed by atoms with E-state index in [1.807, 2.05) is 17.4 Å². The van der Waals surface area contributed by atoms with Crippen LogP contribution in [0.25, 0.3) is 0 Å². The summed E-state index contributed by atoms with van der Waals surface area (Å²) < 4.78 is 0. The minimum atomic E-state index is 0.362. The number of anilines is 1. The Balaban J connectivity index is 1.81. The molecule has 0 aliphatic heterocycles. The summed E-state index contributed by atoms with van der Waals surface area (Å²) >= 11 is 7.56. The first-order chi connectivity index (χ1) is 8.33. The molecular formula is C12H12ClN3S. The van der Waals surface area contributed by atoms with Crippen LogP contribution in [0.2, 0.25) is 5.15 Å².